The van der Waals surface area contributed by atoms with Crippen molar-refractivity contribution in [2.45, 2.75) is 44.0 Å². The molecule has 0 radical (unpaired) electrons. The van der Waals surface area contributed by atoms with Gasteiger partial charge in [0, 0.05) is 6.20 Å². The van der Waals surface area contributed by atoms with E-state index in [1.807, 2.05) is 0 Å². The molecule has 2 aromatic heterocycles. The number of nitrogens with two attached hydrogens (primary N) is 1. The molecule has 2 heterocycles. The van der Waals surface area contributed by atoms with E-state index in [9.17, 15) is 14.3 Å². The number of carbonyl (C=O) groups is 1. The monoisotopic (exact) mass is 306 g/mol. The van der Waals surface area contributed by atoms with E-state index in [1.165, 1.54) is 20.0 Å². The molecule has 0 spiro atoms. The number of rotatable bonds is 3. The van der Waals surface area contributed by atoms with Crippen LogP contribution >= 0.6 is 0 Å². The molecule has 1 amide bonds. The number of aromatic nitrogens is 2. The van der Waals surface area contributed by atoms with E-state index in [-0.39, 0.29) is 5.56 Å². The molecule has 6 nitrogen and oxygen atoms in total. The van der Waals surface area contributed by atoms with Crippen LogP contribution in [-0.2, 0) is 0 Å². The van der Waals surface area contributed by atoms with Crippen LogP contribution in [0.4, 0.5) is 10.1 Å². The minimum absolute atomic E-state index is 0.202. The first-order chi connectivity index (χ1) is 10.2. The third kappa shape index (κ3) is 2.04. The maximum Gasteiger partial charge on any atom is 0.252 e. The number of hydrogen-bond donors (Lipinski definition) is 3. The molecule has 0 unspecified atom stereocenters. The summed E-state index contributed by atoms with van der Waals surface area (Å²) in [6.45, 7) is 2.86. The Hall–Kier alpha value is -2.15. The molecule has 3 atom stereocenters. The van der Waals surface area contributed by atoms with Gasteiger partial charge in [-0.1, -0.05) is 0 Å². The lowest BCUT2D eigenvalue weighted by Gasteiger charge is -2.34. The van der Waals surface area contributed by atoms with Gasteiger partial charge in [-0.25, -0.2) is 8.91 Å². The fourth-order valence-corrected chi connectivity index (χ4v) is 3.03. The van der Waals surface area contributed by atoms with Gasteiger partial charge in [0.05, 0.1) is 34.6 Å². The molecule has 0 aromatic carbocycles. The van der Waals surface area contributed by atoms with E-state index >= 15 is 0 Å². The molecule has 1 fully saturated rings. The van der Waals surface area contributed by atoms with Crippen molar-refractivity contribution in [1.29, 1.82) is 0 Å². The van der Waals surface area contributed by atoms with Crippen LogP contribution in [0.3, 0.4) is 0 Å². The van der Waals surface area contributed by atoms with Crippen LogP contribution < -0.4 is 11.1 Å². The second-order valence-electron chi connectivity index (χ2n) is 6.22. The molecule has 0 saturated heterocycles. The van der Waals surface area contributed by atoms with Crippen molar-refractivity contribution in [3.05, 3.63) is 30.1 Å². The zero-order valence-electron chi connectivity index (χ0n) is 12.5. The smallest absolute Gasteiger partial charge is 0.252 e. The van der Waals surface area contributed by atoms with E-state index < -0.39 is 23.2 Å². The molecule has 118 valence electrons. The lowest BCUT2D eigenvalue weighted by molar-refractivity contribution is -0.0598. The number of nitrogens with zero attached hydrogens (tertiary/aromatic N) is 2. The Morgan fingerprint density at radius 1 is 1.59 bits per heavy atom. The fraction of sp³-hybridized carbons (Fsp3) is 0.467. The second-order valence-corrected chi connectivity index (χ2v) is 6.22. The molecule has 2 aromatic rings. The Morgan fingerprint density at radius 3 is 2.91 bits per heavy atom. The van der Waals surface area contributed by atoms with Crippen molar-refractivity contribution in [2.24, 2.45) is 5.73 Å². The highest BCUT2D eigenvalue weighted by atomic mass is 19.1. The molecule has 1 aliphatic carbocycles. The van der Waals surface area contributed by atoms with Gasteiger partial charge in [-0.15, -0.1) is 0 Å². The van der Waals surface area contributed by atoms with Crippen molar-refractivity contribution < 1.29 is 14.3 Å². The standard InChI is InChI=1S/C15H19FN4O2/c1-14(22)6-5-11(15(14,2)16)19-12-9(13(17)21)8-18-20-7-3-4-10(12)20/h3-4,7-8,11,19,22H,5-6H2,1-2H3,(H2,17,21)/t11-,14-,15-/m1/s1. The number of amides is 1. The zero-order chi connectivity index (χ0) is 16.1. The minimum Gasteiger partial charge on any atom is -0.387 e. The third-order valence-corrected chi connectivity index (χ3v) is 4.78. The van der Waals surface area contributed by atoms with Crippen LogP contribution in [0.25, 0.3) is 5.52 Å². The summed E-state index contributed by atoms with van der Waals surface area (Å²) in [4.78, 5) is 11.6. The van der Waals surface area contributed by atoms with Crippen LogP contribution in [0, 0.1) is 0 Å². The summed E-state index contributed by atoms with van der Waals surface area (Å²) in [6, 6.07) is 2.92. The highest BCUT2D eigenvalue weighted by molar-refractivity contribution is 6.01. The van der Waals surface area contributed by atoms with Crippen molar-refractivity contribution in [3.8, 4) is 0 Å². The lowest BCUT2D eigenvalue weighted by Crippen LogP contribution is -2.50. The summed E-state index contributed by atoms with van der Waals surface area (Å²) in [7, 11) is 0. The van der Waals surface area contributed by atoms with Crippen LogP contribution in [0.2, 0.25) is 0 Å². The number of aliphatic hydroxyl groups is 1. The quantitative estimate of drug-likeness (QED) is 0.801. The number of hydrogen-bond acceptors (Lipinski definition) is 4. The number of anilines is 1. The molecule has 3 rings (SSSR count). The van der Waals surface area contributed by atoms with Gasteiger partial charge in [-0.05, 0) is 38.8 Å². The molecular weight excluding hydrogens is 287 g/mol. The average molecular weight is 306 g/mol. The van der Waals surface area contributed by atoms with Gasteiger partial charge in [0.1, 0.15) is 0 Å². The van der Waals surface area contributed by atoms with Gasteiger partial charge >= 0.3 is 0 Å². The van der Waals surface area contributed by atoms with E-state index in [4.69, 9.17) is 5.73 Å². The largest absolute Gasteiger partial charge is 0.387 e. The molecule has 22 heavy (non-hydrogen) atoms. The SMILES string of the molecule is C[C@@]1(O)CC[C@@H](Nc2c(C(N)=O)cnn3cccc23)[C@@]1(C)F. The maximum absolute atomic E-state index is 14.9. The van der Waals surface area contributed by atoms with Gasteiger partial charge in [0.25, 0.3) is 5.91 Å². The minimum atomic E-state index is -1.82. The van der Waals surface area contributed by atoms with Crippen molar-refractivity contribution in [1.82, 2.24) is 9.61 Å². The van der Waals surface area contributed by atoms with Crippen LogP contribution in [-0.4, -0.2) is 37.9 Å². The van der Waals surface area contributed by atoms with E-state index in [2.05, 4.69) is 10.4 Å². The number of nitrogens with one attached hydrogen (secondary N) is 1. The molecule has 7 heteroatoms. The predicted octanol–water partition coefficient (Wildman–Crippen LogP) is 1.49. The second kappa shape index (κ2) is 4.67. The highest BCUT2D eigenvalue weighted by Gasteiger charge is 2.55. The van der Waals surface area contributed by atoms with Gasteiger partial charge in [-0.2, -0.15) is 5.10 Å². The Morgan fingerprint density at radius 2 is 2.32 bits per heavy atom. The molecular formula is C15H19FN4O2. The zero-order valence-corrected chi connectivity index (χ0v) is 12.5. The van der Waals surface area contributed by atoms with Gasteiger partial charge in [0.15, 0.2) is 5.67 Å². The first-order valence-electron chi connectivity index (χ1n) is 7.18. The average Bonchev–Trinajstić information content (AvgIpc) is 2.97. The van der Waals surface area contributed by atoms with Crippen LogP contribution in [0.1, 0.15) is 37.0 Å². The van der Waals surface area contributed by atoms with E-state index in [0.29, 0.717) is 24.0 Å². The first-order valence-corrected chi connectivity index (χ1v) is 7.18. The third-order valence-electron chi connectivity index (χ3n) is 4.78. The normalized spacial score (nSPS) is 31.5. The Bertz CT molecular complexity index is 738. The summed E-state index contributed by atoms with van der Waals surface area (Å²) in [6.07, 6.45) is 3.88. The predicted molar refractivity (Wildman–Crippen MR) is 80.5 cm³/mol. The van der Waals surface area contributed by atoms with Gasteiger partial charge in [0.2, 0.25) is 0 Å². The number of fused-ring (bicyclic) bond motifs is 1. The first kappa shape index (κ1) is 14.8. The molecule has 1 aliphatic rings. The molecule has 0 aliphatic heterocycles. The highest BCUT2D eigenvalue weighted by Crippen LogP contribution is 2.44. The summed E-state index contributed by atoms with van der Waals surface area (Å²) in [5, 5.41) is 17.4. The topological polar surface area (TPSA) is 92.6 Å². The number of alkyl halides is 1. The molecule has 0 bridgehead atoms. The maximum atomic E-state index is 14.9. The van der Waals surface area contributed by atoms with Gasteiger partial charge < -0.3 is 16.2 Å². The van der Waals surface area contributed by atoms with E-state index in [1.54, 1.807) is 22.8 Å². The number of halogens is 1. The Labute approximate surface area is 127 Å². The summed E-state index contributed by atoms with van der Waals surface area (Å²) in [5.41, 5.74) is 3.44. The number of carbonyl (C=O) groups excluding carboxylic acids is 1. The summed E-state index contributed by atoms with van der Waals surface area (Å²) in [5.74, 6) is -0.635. The van der Waals surface area contributed by atoms with Crippen molar-refractivity contribution >= 4 is 17.1 Å². The van der Waals surface area contributed by atoms with Crippen molar-refractivity contribution in [3.63, 3.8) is 0 Å². The van der Waals surface area contributed by atoms with Gasteiger partial charge in [-0.3, -0.25) is 4.79 Å². The van der Waals surface area contributed by atoms with E-state index in [0.717, 1.165) is 0 Å². The molecule has 4 N–H and O–H groups in total. The van der Waals surface area contributed by atoms with Crippen LogP contribution in [0.15, 0.2) is 24.5 Å². The summed E-state index contributed by atoms with van der Waals surface area (Å²) < 4.78 is 16.5. The summed E-state index contributed by atoms with van der Waals surface area (Å²) >= 11 is 0. The Balaban J connectivity index is 2.05. The van der Waals surface area contributed by atoms with Crippen LogP contribution in [0.5, 0.6) is 0 Å². The Kier molecular flexibility index (Phi) is 3.14. The lowest BCUT2D eigenvalue weighted by atomic mass is 9.89. The number of primary amides is 1. The molecule has 1 saturated carbocycles. The fourth-order valence-electron chi connectivity index (χ4n) is 3.03. The van der Waals surface area contributed by atoms with Crippen molar-refractivity contribution in [2.75, 3.05) is 5.32 Å².